The number of hydrogen-bond donors (Lipinski definition) is 0. The Kier molecular flexibility index (Phi) is 8.63. The van der Waals surface area contributed by atoms with Crippen LogP contribution in [0.4, 0.5) is 23.4 Å². The summed E-state index contributed by atoms with van der Waals surface area (Å²) in [5.74, 6) is -1.03. The first-order valence-electron chi connectivity index (χ1n) is 12.6. The molecule has 0 saturated carbocycles. The highest BCUT2D eigenvalue weighted by Gasteiger charge is 2.34. The van der Waals surface area contributed by atoms with E-state index < -0.39 is 23.1 Å². The number of ketones is 1. The van der Waals surface area contributed by atoms with Crippen LogP contribution >= 0.6 is 11.3 Å². The van der Waals surface area contributed by atoms with Crippen LogP contribution < -0.4 is 4.90 Å². The molecule has 0 unspecified atom stereocenters. The molecule has 1 fully saturated rings. The Morgan fingerprint density at radius 2 is 1.85 bits per heavy atom. The van der Waals surface area contributed by atoms with E-state index in [0.29, 0.717) is 54.7 Å². The molecule has 1 aliphatic heterocycles. The van der Waals surface area contributed by atoms with E-state index in [9.17, 15) is 27.2 Å². The number of aryl methyl sites for hydroxylation is 1. The highest BCUT2D eigenvalue weighted by atomic mass is 32.1. The summed E-state index contributed by atoms with van der Waals surface area (Å²) in [5.41, 5.74) is -1.13. The van der Waals surface area contributed by atoms with Crippen LogP contribution in [0.15, 0.2) is 24.5 Å². The van der Waals surface area contributed by atoms with Gasteiger partial charge in [-0.15, -0.1) is 11.3 Å². The number of Topliss-reactive ketones (excluding diaryl/α,β-unsaturated/α-hetero) is 1. The van der Waals surface area contributed by atoms with Crippen molar-refractivity contribution in [3.8, 4) is 11.3 Å². The fourth-order valence-electron chi connectivity index (χ4n) is 4.51. The SMILES string of the molecule is CCOC(=O)C1CCN(c2cnc(C(=O)Cc3nc(-c4cc(F)c(C)c(C(F)(F)F)c4)c(CC)s3)cn2)CC1. The molecule has 0 amide bonds. The van der Waals surface area contributed by atoms with Gasteiger partial charge in [0.25, 0.3) is 0 Å². The zero-order chi connectivity index (χ0) is 28.3. The van der Waals surface area contributed by atoms with Gasteiger partial charge in [0.2, 0.25) is 0 Å². The average molecular weight is 565 g/mol. The molecule has 3 aromatic rings. The highest BCUT2D eigenvalue weighted by Crippen LogP contribution is 2.38. The van der Waals surface area contributed by atoms with Gasteiger partial charge < -0.3 is 9.64 Å². The molecule has 1 aromatic carbocycles. The van der Waals surface area contributed by atoms with E-state index in [-0.39, 0.29) is 41.0 Å². The predicted octanol–water partition coefficient (Wildman–Crippen LogP) is 5.83. The minimum Gasteiger partial charge on any atom is -0.466 e. The fourth-order valence-corrected chi connectivity index (χ4v) is 5.54. The summed E-state index contributed by atoms with van der Waals surface area (Å²) in [6, 6.07) is 1.95. The standard InChI is InChI=1S/C27H28F4N4O3S/c1-4-22-25(17-10-18(27(29,30)31)15(3)19(28)11-17)34-24(39-22)12-21(36)20-13-33-23(14-32-20)35-8-6-16(7-9-35)26(37)38-5-2/h10-11,13-14,16H,4-9,12H2,1-3H3. The van der Waals surface area contributed by atoms with E-state index in [1.807, 2.05) is 11.8 Å². The lowest BCUT2D eigenvalue weighted by molar-refractivity contribution is -0.148. The van der Waals surface area contributed by atoms with E-state index in [0.717, 1.165) is 19.1 Å². The Hall–Kier alpha value is -3.41. The lowest BCUT2D eigenvalue weighted by atomic mass is 9.97. The van der Waals surface area contributed by atoms with Gasteiger partial charge in [-0.1, -0.05) is 6.92 Å². The van der Waals surface area contributed by atoms with Gasteiger partial charge >= 0.3 is 12.1 Å². The molecule has 0 atom stereocenters. The van der Waals surface area contributed by atoms with Crippen LogP contribution in [0.2, 0.25) is 0 Å². The van der Waals surface area contributed by atoms with E-state index in [4.69, 9.17) is 4.74 Å². The molecule has 3 heterocycles. The van der Waals surface area contributed by atoms with Crippen LogP contribution in [0, 0.1) is 18.7 Å². The smallest absolute Gasteiger partial charge is 0.416 e. The number of anilines is 1. The maximum Gasteiger partial charge on any atom is 0.416 e. The fraction of sp³-hybridized carbons (Fsp3) is 0.444. The first-order valence-corrected chi connectivity index (χ1v) is 13.5. The number of hydrogen-bond acceptors (Lipinski definition) is 8. The topological polar surface area (TPSA) is 85.3 Å². The lowest BCUT2D eigenvalue weighted by Gasteiger charge is -2.31. The predicted molar refractivity (Wildman–Crippen MR) is 138 cm³/mol. The number of nitrogens with zero attached hydrogens (tertiary/aromatic N) is 4. The molecule has 0 bridgehead atoms. The van der Waals surface area contributed by atoms with Gasteiger partial charge in [0.1, 0.15) is 22.3 Å². The number of halogens is 4. The lowest BCUT2D eigenvalue weighted by Crippen LogP contribution is -2.37. The van der Waals surface area contributed by atoms with E-state index >= 15 is 0 Å². The number of esters is 1. The summed E-state index contributed by atoms with van der Waals surface area (Å²) in [6.45, 7) is 6.26. The number of piperidine rings is 1. The van der Waals surface area contributed by atoms with E-state index in [1.165, 1.54) is 23.7 Å². The van der Waals surface area contributed by atoms with Crippen molar-refractivity contribution in [2.24, 2.45) is 5.92 Å². The molecular formula is C27H28F4N4O3S. The summed E-state index contributed by atoms with van der Waals surface area (Å²) in [4.78, 5) is 40.5. The maximum atomic E-state index is 14.4. The average Bonchev–Trinajstić information content (AvgIpc) is 3.32. The Morgan fingerprint density at radius 1 is 1.13 bits per heavy atom. The second-order valence-electron chi connectivity index (χ2n) is 9.23. The van der Waals surface area contributed by atoms with Crippen molar-refractivity contribution in [1.29, 1.82) is 0 Å². The molecule has 208 valence electrons. The number of alkyl halides is 3. The molecule has 12 heteroatoms. The number of benzene rings is 1. The minimum absolute atomic E-state index is 0.0214. The summed E-state index contributed by atoms with van der Waals surface area (Å²) in [7, 11) is 0. The Balaban J connectivity index is 1.46. The number of rotatable bonds is 8. The van der Waals surface area contributed by atoms with Gasteiger partial charge in [0.15, 0.2) is 5.78 Å². The summed E-state index contributed by atoms with van der Waals surface area (Å²) >= 11 is 1.20. The zero-order valence-corrected chi connectivity index (χ0v) is 22.6. The van der Waals surface area contributed by atoms with E-state index in [1.54, 1.807) is 6.92 Å². The number of carbonyl (C=O) groups is 2. The third-order valence-corrected chi connectivity index (χ3v) is 7.86. The van der Waals surface area contributed by atoms with Gasteiger partial charge in [-0.3, -0.25) is 9.59 Å². The first-order chi connectivity index (χ1) is 18.5. The van der Waals surface area contributed by atoms with Gasteiger partial charge in [-0.25, -0.2) is 19.3 Å². The van der Waals surface area contributed by atoms with Gasteiger partial charge in [-0.05, 0) is 50.8 Å². The van der Waals surface area contributed by atoms with Crippen LogP contribution in [0.5, 0.6) is 0 Å². The largest absolute Gasteiger partial charge is 0.466 e. The van der Waals surface area contributed by atoms with Crippen LogP contribution in [0.1, 0.15) is 58.2 Å². The first kappa shape index (κ1) is 28.6. The molecule has 2 aromatic heterocycles. The van der Waals surface area contributed by atoms with Crippen molar-refractivity contribution in [3.63, 3.8) is 0 Å². The van der Waals surface area contributed by atoms with Crippen molar-refractivity contribution in [3.05, 3.63) is 57.0 Å². The zero-order valence-electron chi connectivity index (χ0n) is 21.8. The quantitative estimate of drug-likeness (QED) is 0.193. The molecule has 1 aliphatic rings. The second-order valence-corrected chi connectivity index (χ2v) is 10.4. The molecule has 0 N–H and O–H groups in total. The van der Waals surface area contributed by atoms with Crippen LogP contribution in [0.25, 0.3) is 11.3 Å². The highest BCUT2D eigenvalue weighted by molar-refractivity contribution is 7.12. The van der Waals surface area contributed by atoms with E-state index in [2.05, 4.69) is 15.0 Å². The summed E-state index contributed by atoms with van der Waals surface area (Å²) in [6.07, 6.45) is -0.183. The molecule has 1 saturated heterocycles. The summed E-state index contributed by atoms with van der Waals surface area (Å²) < 4.78 is 59.8. The van der Waals surface area contributed by atoms with Crippen molar-refractivity contribution in [2.75, 3.05) is 24.6 Å². The molecule has 7 nitrogen and oxygen atoms in total. The molecule has 39 heavy (non-hydrogen) atoms. The Labute approximate surface area is 227 Å². The Morgan fingerprint density at radius 3 is 2.44 bits per heavy atom. The molecule has 0 radical (unpaired) electrons. The third kappa shape index (κ3) is 6.43. The van der Waals surface area contributed by atoms with Crippen molar-refractivity contribution in [2.45, 2.75) is 52.6 Å². The Bertz CT molecular complexity index is 1350. The normalized spacial score (nSPS) is 14.5. The summed E-state index contributed by atoms with van der Waals surface area (Å²) in [5, 5.41) is 0.397. The van der Waals surface area contributed by atoms with Gasteiger partial charge in [-0.2, -0.15) is 13.2 Å². The van der Waals surface area contributed by atoms with Crippen molar-refractivity contribution in [1.82, 2.24) is 15.0 Å². The molecule has 0 aliphatic carbocycles. The van der Waals surface area contributed by atoms with Gasteiger partial charge in [0.05, 0.1) is 42.6 Å². The van der Waals surface area contributed by atoms with Crippen molar-refractivity contribution >= 4 is 28.9 Å². The monoisotopic (exact) mass is 564 g/mol. The third-order valence-electron chi connectivity index (χ3n) is 6.66. The minimum atomic E-state index is -4.70. The number of aromatic nitrogens is 3. The maximum absolute atomic E-state index is 14.4. The van der Waals surface area contributed by atoms with Crippen LogP contribution in [0.3, 0.4) is 0 Å². The molecular weight excluding hydrogens is 536 g/mol. The molecule has 0 spiro atoms. The second kappa shape index (κ2) is 11.8. The molecule has 4 rings (SSSR count). The van der Waals surface area contributed by atoms with Crippen LogP contribution in [-0.4, -0.2) is 46.4 Å². The van der Waals surface area contributed by atoms with Crippen molar-refractivity contribution < 1.29 is 31.9 Å². The van der Waals surface area contributed by atoms with Crippen LogP contribution in [-0.2, 0) is 28.5 Å². The number of carbonyl (C=O) groups excluding carboxylic acids is 2. The number of ether oxygens (including phenoxy) is 1. The number of thiazole rings is 1. The van der Waals surface area contributed by atoms with Gasteiger partial charge in [0, 0.05) is 23.5 Å².